The van der Waals surface area contributed by atoms with Gasteiger partial charge >= 0.3 is 29.6 Å². The van der Waals surface area contributed by atoms with Gasteiger partial charge in [-0.1, -0.05) is 0 Å². The van der Waals surface area contributed by atoms with Crippen molar-refractivity contribution >= 4 is 5.97 Å². The van der Waals surface area contributed by atoms with Gasteiger partial charge in [0.25, 0.3) is 0 Å². The SMILES string of the molecule is Cc1cnc(C(=O)[O-])cn1.[Na+]. The predicted octanol–water partition coefficient (Wildman–Crippen LogP) is -3.85. The first-order valence-electron chi connectivity index (χ1n) is 2.70. The van der Waals surface area contributed by atoms with Crippen molar-refractivity contribution in [3.05, 3.63) is 23.8 Å². The van der Waals surface area contributed by atoms with Crippen LogP contribution < -0.4 is 34.7 Å². The minimum atomic E-state index is -1.30. The molecule has 0 spiro atoms. The zero-order chi connectivity index (χ0) is 7.56. The van der Waals surface area contributed by atoms with Gasteiger partial charge in [0.1, 0.15) is 5.69 Å². The van der Waals surface area contributed by atoms with Crippen molar-refractivity contribution < 1.29 is 39.5 Å². The number of aromatic carboxylic acids is 1. The van der Waals surface area contributed by atoms with E-state index in [0.29, 0.717) is 5.69 Å². The molecule has 0 aliphatic carbocycles. The number of aryl methyl sites for hydroxylation is 1. The molecule has 1 rings (SSSR count). The molecule has 52 valence electrons. The number of carbonyl (C=O) groups excluding carboxylic acids is 1. The van der Waals surface area contributed by atoms with E-state index in [1.807, 2.05) is 0 Å². The fourth-order valence-corrected chi connectivity index (χ4v) is 0.498. The van der Waals surface area contributed by atoms with Crippen LogP contribution in [0.15, 0.2) is 12.4 Å². The summed E-state index contributed by atoms with van der Waals surface area (Å²) < 4.78 is 0. The van der Waals surface area contributed by atoms with Gasteiger partial charge in [0, 0.05) is 6.20 Å². The summed E-state index contributed by atoms with van der Waals surface area (Å²) >= 11 is 0. The van der Waals surface area contributed by atoms with E-state index in [-0.39, 0.29) is 35.3 Å². The first kappa shape index (κ1) is 10.6. The number of carboxylic acids is 1. The Morgan fingerprint density at radius 3 is 2.45 bits per heavy atom. The molecule has 1 aromatic rings. The maximum absolute atomic E-state index is 10.1. The van der Waals surface area contributed by atoms with Crippen LogP contribution >= 0.6 is 0 Å². The molecule has 0 atom stereocenters. The second kappa shape index (κ2) is 4.43. The Bertz CT molecular complexity index is 247. The van der Waals surface area contributed by atoms with Gasteiger partial charge in [-0.05, 0) is 6.92 Å². The third kappa shape index (κ3) is 2.96. The van der Waals surface area contributed by atoms with Crippen LogP contribution in [0.2, 0.25) is 0 Å². The van der Waals surface area contributed by atoms with Gasteiger partial charge in [0.05, 0.1) is 17.9 Å². The van der Waals surface area contributed by atoms with Gasteiger partial charge in [-0.25, -0.2) is 0 Å². The molecule has 0 N–H and O–H groups in total. The molecule has 0 aliphatic rings. The fraction of sp³-hybridized carbons (Fsp3) is 0.167. The second-order valence-electron chi connectivity index (χ2n) is 1.83. The molecule has 0 aromatic carbocycles. The van der Waals surface area contributed by atoms with Gasteiger partial charge in [-0.2, -0.15) is 0 Å². The van der Waals surface area contributed by atoms with Crippen LogP contribution in [0.4, 0.5) is 0 Å². The van der Waals surface area contributed by atoms with Crippen LogP contribution in [-0.2, 0) is 0 Å². The van der Waals surface area contributed by atoms with Crippen molar-refractivity contribution in [1.82, 2.24) is 9.97 Å². The van der Waals surface area contributed by atoms with E-state index in [4.69, 9.17) is 0 Å². The molecule has 0 saturated heterocycles. The normalized spacial score (nSPS) is 8.45. The molecule has 0 saturated carbocycles. The quantitative estimate of drug-likeness (QED) is 0.394. The predicted molar refractivity (Wildman–Crippen MR) is 31.1 cm³/mol. The van der Waals surface area contributed by atoms with E-state index in [1.54, 1.807) is 6.92 Å². The summed E-state index contributed by atoms with van der Waals surface area (Å²) in [5.74, 6) is -1.30. The van der Waals surface area contributed by atoms with Crippen LogP contribution in [0.25, 0.3) is 0 Å². The zero-order valence-corrected chi connectivity index (χ0v) is 8.37. The maximum Gasteiger partial charge on any atom is 1.00 e. The molecule has 0 amide bonds. The third-order valence-corrected chi connectivity index (χ3v) is 0.990. The van der Waals surface area contributed by atoms with Crippen molar-refractivity contribution in [2.45, 2.75) is 6.92 Å². The number of carboxylic acid groups (broad SMARTS) is 1. The average Bonchev–Trinajstić information content (AvgIpc) is 1.88. The summed E-state index contributed by atoms with van der Waals surface area (Å²) in [6, 6.07) is 0. The zero-order valence-electron chi connectivity index (χ0n) is 6.37. The smallest absolute Gasteiger partial charge is 0.543 e. The summed E-state index contributed by atoms with van der Waals surface area (Å²) in [6.07, 6.45) is 2.55. The molecule has 11 heavy (non-hydrogen) atoms. The number of hydrogen-bond donors (Lipinski definition) is 0. The number of nitrogens with zero attached hydrogens (tertiary/aromatic N) is 2. The Morgan fingerprint density at radius 2 is 2.09 bits per heavy atom. The summed E-state index contributed by atoms with van der Waals surface area (Å²) in [5, 5.41) is 10.1. The van der Waals surface area contributed by atoms with Gasteiger partial charge < -0.3 is 9.90 Å². The van der Waals surface area contributed by atoms with E-state index in [1.165, 1.54) is 12.4 Å². The molecular formula is C6H5N2NaO2. The molecule has 0 unspecified atom stereocenters. The Morgan fingerprint density at radius 1 is 1.45 bits per heavy atom. The van der Waals surface area contributed by atoms with E-state index in [2.05, 4.69) is 9.97 Å². The molecular weight excluding hydrogens is 155 g/mol. The fourth-order valence-electron chi connectivity index (χ4n) is 0.498. The minimum absolute atomic E-state index is 0. The third-order valence-electron chi connectivity index (χ3n) is 0.990. The average molecular weight is 160 g/mol. The molecule has 1 heterocycles. The Kier molecular flexibility index (Phi) is 4.25. The summed E-state index contributed by atoms with van der Waals surface area (Å²) in [7, 11) is 0. The van der Waals surface area contributed by atoms with Crippen molar-refractivity contribution in [2.24, 2.45) is 0 Å². The van der Waals surface area contributed by atoms with Crippen molar-refractivity contribution in [2.75, 3.05) is 0 Å². The standard InChI is InChI=1S/C6H6N2O2.Na/c1-4-2-8-5(3-7-4)6(9)10;/h2-3H,1H3,(H,9,10);/q;+1/p-1. The van der Waals surface area contributed by atoms with Crippen LogP contribution in [0.3, 0.4) is 0 Å². The van der Waals surface area contributed by atoms with E-state index in [9.17, 15) is 9.90 Å². The molecule has 5 heteroatoms. The van der Waals surface area contributed by atoms with Gasteiger partial charge in [0.2, 0.25) is 0 Å². The van der Waals surface area contributed by atoms with Gasteiger partial charge in [-0.15, -0.1) is 0 Å². The Balaban J connectivity index is 0.000001000. The van der Waals surface area contributed by atoms with Crippen molar-refractivity contribution in [3.8, 4) is 0 Å². The molecule has 4 nitrogen and oxygen atoms in total. The monoisotopic (exact) mass is 160 g/mol. The Hall–Kier alpha value is -0.450. The first-order valence-corrected chi connectivity index (χ1v) is 2.70. The topological polar surface area (TPSA) is 65.9 Å². The summed E-state index contributed by atoms with van der Waals surface area (Å²) in [4.78, 5) is 17.4. The van der Waals surface area contributed by atoms with E-state index >= 15 is 0 Å². The van der Waals surface area contributed by atoms with Crippen LogP contribution in [0, 0.1) is 6.92 Å². The molecule has 0 fully saturated rings. The van der Waals surface area contributed by atoms with Gasteiger partial charge in [0.15, 0.2) is 0 Å². The molecule has 1 aromatic heterocycles. The van der Waals surface area contributed by atoms with Crippen LogP contribution in [0.1, 0.15) is 16.2 Å². The van der Waals surface area contributed by atoms with E-state index in [0.717, 1.165) is 0 Å². The molecule has 0 radical (unpaired) electrons. The summed E-state index contributed by atoms with van der Waals surface area (Å²) in [6.45, 7) is 1.73. The number of aromatic nitrogens is 2. The number of rotatable bonds is 1. The minimum Gasteiger partial charge on any atom is -0.543 e. The largest absolute Gasteiger partial charge is 1.00 e. The van der Waals surface area contributed by atoms with Crippen molar-refractivity contribution in [3.63, 3.8) is 0 Å². The molecule has 0 aliphatic heterocycles. The first-order chi connectivity index (χ1) is 4.70. The number of carbonyl (C=O) groups is 1. The second-order valence-corrected chi connectivity index (χ2v) is 1.83. The number of hydrogen-bond acceptors (Lipinski definition) is 4. The summed E-state index contributed by atoms with van der Waals surface area (Å²) in [5.41, 5.74) is 0.551. The van der Waals surface area contributed by atoms with Crippen molar-refractivity contribution in [1.29, 1.82) is 0 Å². The van der Waals surface area contributed by atoms with E-state index < -0.39 is 5.97 Å². The van der Waals surface area contributed by atoms with Gasteiger partial charge in [-0.3, -0.25) is 9.97 Å². The molecule has 0 bridgehead atoms. The Labute approximate surface area is 86.0 Å². The van der Waals surface area contributed by atoms with Crippen LogP contribution in [0.5, 0.6) is 0 Å². The van der Waals surface area contributed by atoms with Crippen LogP contribution in [-0.4, -0.2) is 15.9 Å². The maximum atomic E-state index is 10.1.